The van der Waals surface area contributed by atoms with Crippen molar-refractivity contribution in [2.24, 2.45) is 0 Å². The minimum atomic E-state index is -0.333. The molecular weight excluding hydrogens is 221 g/mol. The largest absolute Gasteiger partial charge is 0.456 e. The number of aromatic nitrogens is 3. The van der Waals surface area contributed by atoms with E-state index in [-0.39, 0.29) is 5.82 Å². The Labute approximate surface area is 96.1 Å². The molecule has 0 atom stereocenters. The lowest BCUT2D eigenvalue weighted by Gasteiger charge is -2.04. The highest BCUT2D eigenvalue weighted by Crippen LogP contribution is 2.23. The van der Waals surface area contributed by atoms with Crippen LogP contribution in [-0.4, -0.2) is 15.2 Å². The van der Waals surface area contributed by atoms with Gasteiger partial charge in [0.05, 0.1) is 12.4 Å². The number of hydrogen-bond acceptors (Lipinski definition) is 3. The summed E-state index contributed by atoms with van der Waals surface area (Å²) in [5.41, 5.74) is 0.691. The summed E-state index contributed by atoms with van der Waals surface area (Å²) in [5, 5.41) is 7.45. The molecule has 0 fully saturated rings. The summed E-state index contributed by atoms with van der Waals surface area (Å²) in [6, 6.07) is 7.75. The van der Waals surface area contributed by atoms with Gasteiger partial charge in [-0.05, 0) is 18.2 Å². The molecule has 1 aromatic carbocycles. The molecule has 0 unspecified atom stereocenters. The van der Waals surface area contributed by atoms with Crippen LogP contribution < -0.4 is 4.74 Å². The molecule has 0 aliphatic carbocycles. The van der Waals surface area contributed by atoms with E-state index < -0.39 is 0 Å². The van der Waals surface area contributed by atoms with Crippen molar-refractivity contribution in [2.45, 2.75) is 0 Å². The Bertz CT molecular complexity index is 665. The molecule has 0 amide bonds. The molecule has 3 rings (SSSR count). The Hall–Kier alpha value is -2.43. The Morgan fingerprint density at radius 1 is 1.12 bits per heavy atom. The third-order valence-electron chi connectivity index (χ3n) is 2.30. The third kappa shape index (κ3) is 1.94. The highest BCUT2D eigenvalue weighted by Gasteiger charge is 2.02. The van der Waals surface area contributed by atoms with E-state index in [4.69, 9.17) is 4.74 Å². The van der Waals surface area contributed by atoms with Crippen molar-refractivity contribution < 1.29 is 9.13 Å². The molecule has 0 bridgehead atoms. The summed E-state index contributed by atoms with van der Waals surface area (Å²) < 4.78 is 18.5. The van der Waals surface area contributed by atoms with Gasteiger partial charge in [-0.3, -0.25) is 5.10 Å². The number of hydrogen-bond donors (Lipinski definition) is 1. The van der Waals surface area contributed by atoms with E-state index in [0.717, 1.165) is 5.39 Å². The first-order valence-electron chi connectivity index (χ1n) is 5.04. The number of pyridine rings is 1. The first kappa shape index (κ1) is 9.77. The molecule has 4 nitrogen and oxygen atoms in total. The normalized spacial score (nSPS) is 10.6. The summed E-state index contributed by atoms with van der Waals surface area (Å²) in [5.74, 6) is 0.652. The average molecular weight is 229 g/mol. The Morgan fingerprint density at radius 2 is 2.06 bits per heavy atom. The number of ether oxygens (including phenoxy) is 1. The van der Waals surface area contributed by atoms with E-state index >= 15 is 0 Å². The van der Waals surface area contributed by atoms with E-state index in [1.54, 1.807) is 30.6 Å². The molecule has 3 aromatic rings. The summed E-state index contributed by atoms with van der Waals surface area (Å²) in [4.78, 5) is 4.12. The fourth-order valence-corrected chi connectivity index (χ4v) is 1.54. The molecule has 0 saturated heterocycles. The maximum Gasteiger partial charge on any atom is 0.155 e. The number of nitrogens with one attached hydrogen (secondary N) is 1. The minimum absolute atomic E-state index is 0.333. The predicted octanol–water partition coefficient (Wildman–Crippen LogP) is 2.89. The summed E-state index contributed by atoms with van der Waals surface area (Å²) in [7, 11) is 0. The Balaban J connectivity index is 1.94. The molecule has 2 aromatic heterocycles. The van der Waals surface area contributed by atoms with Crippen molar-refractivity contribution in [2.75, 3.05) is 0 Å². The lowest BCUT2D eigenvalue weighted by atomic mass is 10.3. The van der Waals surface area contributed by atoms with Crippen LogP contribution in [0.1, 0.15) is 0 Å². The van der Waals surface area contributed by atoms with Gasteiger partial charge in [-0.25, -0.2) is 9.37 Å². The van der Waals surface area contributed by atoms with Gasteiger partial charge in [0.1, 0.15) is 17.3 Å². The summed E-state index contributed by atoms with van der Waals surface area (Å²) >= 11 is 0. The molecule has 1 N–H and O–H groups in total. The van der Waals surface area contributed by atoms with Crippen LogP contribution in [-0.2, 0) is 0 Å². The maximum absolute atomic E-state index is 13.0. The smallest absolute Gasteiger partial charge is 0.155 e. The van der Waals surface area contributed by atoms with Gasteiger partial charge in [0.25, 0.3) is 0 Å². The van der Waals surface area contributed by atoms with Gasteiger partial charge < -0.3 is 4.74 Å². The van der Waals surface area contributed by atoms with Crippen molar-refractivity contribution in [3.05, 3.63) is 48.5 Å². The molecule has 0 aliphatic heterocycles. The summed E-state index contributed by atoms with van der Waals surface area (Å²) in [6.07, 6.45) is 3.21. The van der Waals surface area contributed by atoms with E-state index in [0.29, 0.717) is 17.1 Å². The van der Waals surface area contributed by atoms with Gasteiger partial charge in [-0.1, -0.05) is 6.07 Å². The number of aromatic amines is 1. The number of H-pyrrole nitrogens is 1. The molecule has 0 spiro atoms. The minimum Gasteiger partial charge on any atom is -0.456 e. The topological polar surface area (TPSA) is 50.8 Å². The zero-order valence-electron chi connectivity index (χ0n) is 8.72. The third-order valence-corrected chi connectivity index (χ3v) is 2.30. The van der Waals surface area contributed by atoms with E-state index in [1.165, 1.54) is 12.1 Å². The lowest BCUT2D eigenvalue weighted by Crippen LogP contribution is -1.86. The highest BCUT2D eigenvalue weighted by molar-refractivity contribution is 5.74. The SMILES string of the molecule is Fc1cccc(Oc2cnc3[nH]ncc3c2)c1. The van der Waals surface area contributed by atoms with Crippen LogP contribution in [0.3, 0.4) is 0 Å². The molecule has 17 heavy (non-hydrogen) atoms. The van der Waals surface area contributed by atoms with Crippen molar-refractivity contribution in [1.82, 2.24) is 15.2 Å². The quantitative estimate of drug-likeness (QED) is 0.735. The number of fused-ring (bicyclic) bond motifs is 1. The molecular formula is C12H8FN3O. The van der Waals surface area contributed by atoms with Crippen LogP contribution >= 0.6 is 0 Å². The van der Waals surface area contributed by atoms with Crippen LogP contribution in [0.4, 0.5) is 4.39 Å². The number of nitrogens with zero attached hydrogens (tertiary/aromatic N) is 2. The highest BCUT2D eigenvalue weighted by atomic mass is 19.1. The zero-order valence-corrected chi connectivity index (χ0v) is 8.72. The first-order valence-corrected chi connectivity index (χ1v) is 5.04. The standard InChI is InChI=1S/C12H8FN3O/c13-9-2-1-3-10(5-9)17-11-4-8-6-15-16-12(8)14-7-11/h1-7H,(H,14,15,16). The fourth-order valence-electron chi connectivity index (χ4n) is 1.54. The van der Waals surface area contributed by atoms with Crippen molar-refractivity contribution in [3.8, 4) is 11.5 Å². The molecule has 0 aliphatic rings. The second-order valence-electron chi connectivity index (χ2n) is 3.54. The predicted molar refractivity (Wildman–Crippen MR) is 60.4 cm³/mol. The lowest BCUT2D eigenvalue weighted by molar-refractivity contribution is 0.475. The van der Waals surface area contributed by atoms with Crippen LogP contribution in [0.15, 0.2) is 42.7 Å². The average Bonchev–Trinajstić information content (AvgIpc) is 2.76. The van der Waals surface area contributed by atoms with Crippen LogP contribution in [0.2, 0.25) is 0 Å². The van der Waals surface area contributed by atoms with Crippen molar-refractivity contribution in [3.63, 3.8) is 0 Å². The van der Waals surface area contributed by atoms with Crippen LogP contribution in [0.5, 0.6) is 11.5 Å². The molecule has 84 valence electrons. The second-order valence-corrected chi connectivity index (χ2v) is 3.54. The Morgan fingerprint density at radius 3 is 2.94 bits per heavy atom. The van der Waals surface area contributed by atoms with Gasteiger partial charge in [-0.15, -0.1) is 0 Å². The van der Waals surface area contributed by atoms with Gasteiger partial charge >= 0.3 is 0 Å². The number of benzene rings is 1. The van der Waals surface area contributed by atoms with E-state index in [9.17, 15) is 4.39 Å². The molecule has 2 heterocycles. The van der Waals surface area contributed by atoms with E-state index in [1.807, 2.05) is 0 Å². The van der Waals surface area contributed by atoms with Gasteiger partial charge in [-0.2, -0.15) is 5.10 Å². The number of rotatable bonds is 2. The Kier molecular flexibility index (Phi) is 2.22. The van der Waals surface area contributed by atoms with Gasteiger partial charge in [0, 0.05) is 11.5 Å². The first-order chi connectivity index (χ1) is 8.31. The zero-order chi connectivity index (χ0) is 11.7. The fraction of sp³-hybridized carbons (Fsp3) is 0. The monoisotopic (exact) mass is 229 g/mol. The summed E-state index contributed by atoms with van der Waals surface area (Å²) in [6.45, 7) is 0. The second kappa shape index (κ2) is 3.86. The van der Waals surface area contributed by atoms with Crippen LogP contribution in [0.25, 0.3) is 11.0 Å². The van der Waals surface area contributed by atoms with E-state index in [2.05, 4.69) is 15.2 Å². The molecule has 5 heteroatoms. The van der Waals surface area contributed by atoms with Crippen molar-refractivity contribution >= 4 is 11.0 Å². The maximum atomic E-state index is 13.0. The molecule has 0 radical (unpaired) electrons. The number of halogens is 1. The van der Waals surface area contributed by atoms with Gasteiger partial charge in [0.15, 0.2) is 5.65 Å². The van der Waals surface area contributed by atoms with Gasteiger partial charge in [0.2, 0.25) is 0 Å². The van der Waals surface area contributed by atoms with Crippen molar-refractivity contribution in [1.29, 1.82) is 0 Å². The van der Waals surface area contributed by atoms with Crippen LogP contribution in [0, 0.1) is 5.82 Å². The molecule has 0 saturated carbocycles.